The zero-order valence-corrected chi connectivity index (χ0v) is 14.1. The molecule has 0 saturated carbocycles. The summed E-state index contributed by atoms with van der Waals surface area (Å²) in [5.41, 5.74) is 1.94. The van der Waals surface area contributed by atoms with Crippen LogP contribution in [0.15, 0.2) is 61.2 Å². The van der Waals surface area contributed by atoms with Gasteiger partial charge in [-0.25, -0.2) is 15.0 Å². The first-order valence-electron chi connectivity index (χ1n) is 7.90. The fraction of sp³-hybridized carbons (Fsp3) is 0.111. The van der Waals surface area contributed by atoms with Gasteiger partial charge in [0.05, 0.1) is 11.6 Å². The first-order chi connectivity index (χ1) is 12.3. The standard InChI is InChI=1S/C18H15ClN6/c19-14-6-4-13(5-7-14)8-10-21-17-15-11-24-25(18(15)23-12-22-17)16-3-1-2-9-20-16/h1-7,9,11-12H,8,10H2,(H,21,22,23). The highest BCUT2D eigenvalue weighted by molar-refractivity contribution is 6.30. The molecule has 0 spiro atoms. The summed E-state index contributed by atoms with van der Waals surface area (Å²) in [7, 11) is 0. The van der Waals surface area contributed by atoms with Gasteiger partial charge in [-0.2, -0.15) is 9.78 Å². The molecule has 3 aromatic heterocycles. The number of fused-ring (bicyclic) bond motifs is 1. The Hall–Kier alpha value is -2.99. The second kappa shape index (κ2) is 6.86. The third-order valence-corrected chi connectivity index (χ3v) is 4.10. The molecule has 1 N–H and O–H groups in total. The van der Waals surface area contributed by atoms with Crippen molar-refractivity contribution in [2.24, 2.45) is 0 Å². The van der Waals surface area contributed by atoms with Gasteiger partial charge >= 0.3 is 0 Å². The number of pyridine rings is 1. The normalized spacial score (nSPS) is 10.9. The Morgan fingerprint density at radius 2 is 1.88 bits per heavy atom. The SMILES string of the molecule is Clc1ccc(CCNc2ncnc3c2cnn3-c2ccccn2)cc1. The van der Waals surface area contributed by atoms with Crippen molar-refractivity contribution in [3.8, 4) is 5.82 Å². The van der Waals surface area contributed by atoms with E-state index in [1.807, 2.05) is 42.5 Å². The average molecular weight is 351 g/mol. The summed E-state index contributed by atoms with van der Waals surface area (Å²) in [5.74, 6) is 1.49. The molecule has 1 aromatic carbocycles. The van der Waals surface area contributed by atoms with Gasteiger partial charge in [0, 0.05) is 17.8 Å². The second-order valence-corrected chi connectivity index (χ2v) is 5.94. The van der Waals surface area contributed by atoms with Gasteiger partial charge in [-0.05, 0) is 36.2 Å². The number of benzene rings is 1. The molecule has 7 heteroatoms. The molecule has 6 nitrogen and oxygen atoms in total. The molecule has 0 saturated heterocycles. The highest BCUT2D eigenvalue weighted by Crippen LogP contribution is 2.20. The summed E-state index contributed by atoms with van der Waals surface area (Å²) in [6.45, 7) is 0.752. The molecule has 4 aromatic rings. The van der Waals surface area contributed by atoms with E-state index in [-0.39, 0.29) is 0 Å². The second-order valence-electron chi connectivity index (χ2n) is 5.51. The highest BCUT2D eigenvalue weighted by atomic mass is 35.5. The van der Waals surface area contributed by atoms with Crippen LogP contribution in [0.4, 0.5) is 5.82 Å². The minimum absolute atomic E-state index is 0.725. The molecule has 0 fully saturated rings. The topological polar surface area (TPSA) is 68.5 Å². The molecule has 124 valence electrons. The van der Waals surface area contributed by atoms with Crippen molar-refractivity contribution in [1.29, 1.82) is 0 Å². The Balaban J connectivity index is 1.54. The van der Waals surface area contributed by atoms with Gasteiger partial charge in [0.25, 0.3) is 0 Å². The monoisotopic (exact) mass is 350 g/mol. The van der Waals surface area contributed by atoms with Gasteiger partial charge in [-0.1, -0.05) is 29.8 Å². The van der Waals surface area contributed by atoms with Crippen LogP contribution in [0.1, 0.15) is 5.56 Å². The number of halogens is 1. The number of nitrogens with one attached hydrogen (secondary N) is 1. The van der Waals surface area contributed by atoms with E-state index >= 15 is 0 Å². The van der Waals surface area contributed by atoms with Gasteiger partial charge in [0.15, 0.2) is 11.5 Å². The van der Waals surface area contributed by atoms with Gasteiger partial charge < -0.3 is 5.32 Å². The Morgan fingerprint density at radius 3 is 2.68 bits per heavy atom. The van der Waals surface area contributed by atoms with Gasteiger partial charge in [0.1, 0.15) is 12.1 Å². The van der Waals surface area contributed by atoms with Crippen LogP contribution in [0.5, 0.6) is 0 Å². The number of anilines is 1. The fourth-order valence-electron chi connectivity index (χ4n) is 2.61. The number of hydrogen-bond donors (Lipinski definition) is 1. The zero-order chi connectivity index (χ0) is 17.1. The van der Waals surface area contributed by atoms with E-state index in [4.69, 9.17) is 11.6 Å². The van der Waals surface area contributed by atoms with Crippen molar-refractivity contribution >= 4 is 28.5 Å². The third kappa shape index (κ3) is 3.29. The third-order valence-electron chi connectivity index (χ3n) is 3.85. The molecule has 3 heterocycles. The molecule has 0 unspecified atom stereocenters. The maximum absolute atomic E-state index is 5.91. The van der Waals surface area contributed by atoms with Crippen LogP contribution in [-0.4, -0.2) is 31.3 Å². The van der Waals surface area contributed by atoms with Crippen molar-refractivity contribution in [3.05, 3.63) is 71.8 Å². The van der Waals surface area contributed by atoms with E-state index in [0.29, 0.717) is 0 Å². The maximum atomic E-state index is 5.91. The van der Waals surface area contributed by atoms with Crippen molar-refractivity contribution < 1.29 is 0 Å². The van der Waals surface area contributed by atoms with Crippen LogP contribution in [0.2, 0.25) is 5.02 Å². The van der Waals surface area contributed by atoms with Crippen LogP contribution < -0.4 is 5.32 Å². The Labute approximate surface area is 149 Å². The molecule has 0 aliphatic carbocycles. The molecule has 0 aliphatic rings. The number of nitrogens with zero attached hydrogens (tertiary/aromatic N) is 5. The van der Waals surface area contributed by atoms with Crippen LogP contribution >= 0.6 is 11.6 Å². The Bertz CT molecular complexity index is 982. The summed E-state index contributed by atoms with van der Waals surface area (Å²) in [4.78, 5) is 13.0. The van der Waals surface area contributed by atoms with E-state index in [9.17, 15) is 0 Å². The van der Waals surface area contributed by atoms with E-state index in [2.05, 4.69) is 25.4 Å². The van der Waals surface area contributed by atoms with Gasteiger partial charge in [-0.3, -0.25) is 0 Å². The van der Waals surface area contributed by atoms with Crippen molar-refractivity contribution in [1.82, 2.24) is 24.7 Å². The van der Waals surface area contributed by atoms with Crippen LogP contribution in [0.3, 0.4) is 0 Å². The minimum atomic E-state index is 0.725. The van der Waals surface area contributed by atoms with Crippen molar-refractivity contribution in [2.75, 3.05) is 11.9 Å². The lowest BCUT2D eigenvalue weighted by Crippen LogP contribution is -2.07. The van der Waals surface area contributed by atoms with E-state index in [0.717, 1.165) is 40.7 Å². The van der Waals surface area contributed by atoms with Gasteiger partial charge in [0.2, 0.25) is 0 Å². The highest BCUT2D eigenvalue weighted by Gasteiger charge is 2.11. The minimum Gasteiger partial charge on any atom is -0.369 e. The summed E-state index contributed by atoms with van der Waals surface area (Å²) in [6.07, 6.45) is 5.90. The summed E-state index contributed by atoms with van der Waals surface area (Å²) in [6, 6.07) is 13.5. The van der Waals surface area contributed by atoms with E-state index in [1.54, 1.807) is 17.1 Å². The molecule has 25 heavy (non-hydrogen) atoms. The smallest absolute Gasteiger partial charge is 0.170 e. The summed E-state index contributed by atoms with van der Waals surface area (Å²) in [5, 5.41) is 9.37. The largest absolute Gasteiger partial charge is 0.369 e. The van der Waals surface area contributed by atoms with E-state index in [1.165, 1.54) is 11.9 Å². The van der Waals surface area contributed by atoms with Crippen molar-refractivity contribution in [3.63, 3.8) is 0 Å². The molecule has 4 rings (SSSR count). The number of rotatable bonds is 5. The van der Waals surface area contributed by atoms with Crippen molar-refractivity contribution in [2.45, 2.75) is 6.42 Å². The number of hydrogen-bond acceptors (Lipinski definition) is 5. The maximum Gasteiger partial charge on any atom is 0.170 e. The number of aromatic nitrogens is 5. The molecule has 0 aliphatic heterocycles. The fourth-order valence-corrected chi connectivity index (χ4v) is 2.73. The molecular formula is C18H15ClN6. The van der Waals surface area contributed by atoms with Crippen LogP contribution in [0, 0.1) is 0 Å². The predicted octanol–water partition coefficient (Wildman–Crippen LogP) is 3.52. The first kappa shape index (κ1) is 15.5. The summed E-state index contributed by atoms with van der Waals surface area (Å²) < 4.78 is 1.71. The zero-order valence-electron chi connectivity index (χ0n) is 13.3. The molecular weight excluding hydrogens is 336 g/mol. The molecule has 0 amide bonds. The molecule has 0 bridgehead atoms. The van der Waals surface area contributed by atoms with Gasteiger partial charge in [-0.15, -0.1) is 0 Å². The molecule has 0 atom stereocenters. The molecule has 0 radical (unpaired) electrons. The Morgan fingerprint density at radius 1 is 1.00 bits per heavy atom. The lowest BCUT2D eigenvalue weighted by atomic mass is 10.1. The first-order valence-corrected chi connectivity index (χ1v) is 8.27. The predicted molar refractivity (Wildman–Crippen MR) is 98.1 cm³/mol. The quantitative estimate of drug-likeness (QED) is 0.596. The summed E-state index contributed by atoms with van der Waals surface area (Å²) >= 11 is 5.91. The lowest BCUT2D eigenvalue weighted by Gasteiger charge is -2.07. The Kier molecular flexibility index (Phi) is 4.26. The van der Waals surface area contributed by atoms with E-state index < -0.39 is 0 Å². The van der Waals surface area contributed by atoms with Crippen LogP contribution in [0.25, 0.3) is 16.9 Å². The average Bonchev–Trinajstić information content (AvgIpc) is 3.09. The lowest BCUT2D eigenvalue weighted by molar-refractivity contribution is 0.861. The van der Waals surface area contributed by atoms with Crippen LogP contribution in [-0.2, 0) is 6.42 Å².